The quantitative estimate of drug-likeness (QED) is 0.392. The van der Waals surface area contributed by atoms with Crippen molar-refractivity contribution in [1.29, 1.82) is 0 Å². The van der Waals surface area contributed by atoms with E-state index in [1.165, 1.54) is 27.1 Å². The maximum absolute atomic E-state index is 12.3. The van der Waals surface area contributed by atoms with Gasteiger partial charge in [0.2, 0.25) is 0 Å². The summed E-state index contributed by atoms with van der Waals surface area (Å²) < 4.78 is 11.8. The van der Waals surface area contributed by atoms with E-state index in [9.17, 15) is 9.59 Å². The molecule has 0 spiro atoms. The van der Waals surface area contributed by atoms with Crippen molar-refractivity contribution in [3.8, 4) is 0 Å². The molecule has 0 aliphatic heterocycles. The standard InChI is InChI=1S/C18H17AsO4/c1-3-19(4-2)13-8-7-12-10-14(18(21)23-16(12)11-13)17(20)15-6-5-9-22-15/h5-11H,3-4H2,1-2H3. The van der Waals surface area contributed by atoms with E-state index in [2.05, 4.69) is 19.9 Å². The third kappa shape index (κ3) is 3.04. The Balaban J connectivity index is 2.07. The van der Waals surface area contributed by atoms with Gasteiger partial charge in [-0.3, -0.25) is 0 Å². The van der Waals surface area contributed by atoms with Crippen LogP contribution in [0.25, 0.3) is 11.0 Å². The third-order valence-electron chi connectivity index (χ3n) is 3.84. The predicted molar refractivity (Wildman–Crippen MR) is 91.0 cm³/mol. The number of hydrogen-bond acceptors (Lipinski definition) is 4. The van der Waals surface area contributed by atoms with Gasteiger partial charge < -0.3 is 0 Å². The van der Waals surface area contributed by atoms with Crippen molar-refractivity contribution >= 4 is 35.8 Å². The topological polar surface area (TPSA) is 60.4 Å². The van der Waals surface area contributed by atoms with Gasteiger partial charge in [0.25, 0.3) is 0 Å². The van der Waals surface area contributed by atoms with Crippen LogP contribution in [0.3, 0.4) is 0 Å². The van der Waals surface area contributed by atoms with E-state index in [0.29, 0.717) is 5.58 Å². The molecule has 0 bridgehead atoms. The van der Waals surface area contributed by atoms with Crippen LogP contribution >= 0.6 is 0 Å². The molecular formula is C18H17AsO4. The van der Waals surface area contributed by atoms with Gasteiger partial charge in [0.05, 0.1) is 0 Å². The first-order chi connectivity index (χ1) is 11.1. The van der Waals surface area contributed by atoms with Gasteiger partial charge in [-0.2, -0.15) is 0 Å². The third-order valence-corrected chi connectivity index (χ3v) is 9.16. The monoisotopic (exact) mass is 372 g/mol. The van der Waals surface area contributed by atoms with Crippen molar-refractivity contribution in [2.45, 2.75) is 24.3 Å². The first-order valence-electron chi connectivity index (χ1n) is 7.55. The van der Waals surface area contributed by atoms with Gasteiger partial charge in [-0.15, -0.1) is 0 Å². The Labute approximate surface area is 138 Å². The van der Waals surface area contributed by atoms with Crippen LogP contribution in [0.15, 0.2) is 56.3 Å². The molecule has 2 aromatic heterocycles. The summed E-state index contributed by atoms with van der Waals surface area (Å²) in [5, 5.41) is 3.10. The second kappa shape index (κ2) is 6.59. The molecule has 0 saturated carbocycles. The molecule has 0 aliphatic rings. The van der Waals surface area contributed by atoms with Crippen LogP contribution < -0.4 is 9.98 Å². The van der Waals surface area contributed by atoms with Crippen molar-refractivity contribution in [2.24, 2.45) is 0 Å². The van der Waals surface area contributed by atoms with Crippen LogP contribution in [0.5, 0.6) is 0 Å². The van der Waals surface area contributed by atoms with Crippen molar-refractivity contribution in [3.05, 3.63) is 64.4 Å². The van der Waals surface area contributed by atoms with Crippen LogP contribution in [-0.2, 0) is 0 Å². The molecule has 1 aromatic carbocycles. The van der Waals surface area contributed by atoms with Crippen molar-refractivity contribution < 1.29 is 13.6 Å². The molecular weight excluding hydrogens is 355 g/mol. The second-order valence-electron chi connectivity index (χ2n) is 5.15. The summed E-state index contributed by atoms with van der Waals surface area (Å²) in [6.07, 6.45) is 1.41. The van der Waals surface area contributed by atoms with Crippen LogP contribution in [-0.4, -0.2) is 20.4 Å². The molecule has 0 aliphatic carbocycles. The Kier molecular flexibility index (Phi) is 4.53. The summed E-state index contributed by atoms with van der Waals surface area (Å²) in [5.41, 5.74) is -0.0755. The van der Waals surface area contributed by atoms with E-state index < -0.39 is 26.1 Å². The molecule has 0 radical (unpaired) electrons. The molecule has 118 valence electrons. The first-order valence-corrected chi connectivity index (χ1v) is 11.1. The molecule has 0 amide bonds. The minimum atomic E-state index is -1.06. The fraction of sp³-hybridized carbons (Fsp3) is 0.222. The first kappa shape index (κ1) is 15.8. The van der Waals surface area contributed by atoms with E-state index in [1.54, 1.807) is 12.1 Å². The van der Waals surface area contributed by atoms with Crippen LogP contribution in [0, 0.1) is 0 Å². The summed E-state index contributed by atoms with van der Waals surface area (Å²) in [6.45, 7) is 4.41. The van der Waals surface area contributed by atoms with E-state index in [-0.39, 0.29) is 11.3 Å². The summed E-state index contributed by atoms with van der Waals surface area (Å²) in [7, 11) is 0. The molecule has 0 atom stereocenters. The Bertz CT molecular complexity index is 889. The summed E-state index contributed by atoms with van der Waals surface area (Å²) in [6, 6.07) is 10.7. The number of ketones is 1. The number of furan rings is 1. The van der Waals surface area contributed by atoms with E-state index in [1.807, 2.05) is 12.1 Å². The average Bonchev–Trinajstić information content (AvgIpc) is 3.09. The molecule has 4 nitrogen and oxygen atoms in total. The SMILES string of the molecule is CC[As](CC)c1ccc2cc(C(=O)c3ccco3)c(=O)oc2c1. The van der Waals surface area contributed by atoms with Crippen molar-refractivity contribution in [3.63, 3.8) is 0 Å². The molecule has 0 saturated heterocycles. The zero-order valence-corrected chi connectivity index (χ0v) is 14.9. The van der Waals surface area contributed by atoms with E-state index in [0.717, 1.165) is 5.39 Å². The van der Waals surface area contributed by atoms with Crippen LogP contribution in [0.4, 0.5) is 0 Å². The Morgan fingerprint density at radius 2 is 1.91 bits per heavy atom. The molecule has 3 rings (SSSR count). The predicted octanol–water partition coefficient (Wildman–Crippen LogP) is 3.36. The number of benzene rings is 1. The zero-order chi connectivity index (χ0) is 16.4. The molecule has 0 N–H and O–H groups in total. The van der Waals surface area contributed by atoms with Gasteiger partial charge >= 0.3 is 138 Å². The van der Waals surface area contributed by atoms with Crippen molar-refractivity contribution in [2.75, 3.05) is 0 Å². The van der Waals surface area contributed by atoms with Gasteiger partial charge in [0, 0.05) is 0 Å². The Hall–Kier alpha value is -2.06. The summed E-state index contributed by atoms with van der Waals surface area (Å²) in [5.74, 6) is -0.317. The fourth-order valence-corrected chi connectivity index (χ4v) is 6.28. The van der Waals surface area contributed by atoms with Gasteiger partial charge in [0.1, 0.15) is 0 Å². The van der Waals surface area contributed by atoms with Crippen LogP contribution in [0.1, 0.15) is 30.0 Å². The number of carbonyl (C=O) groups excluding carboxylic acids is 1. The Morgan fingerprint density at radius 1 is 1.13 bits per heavy atom. The van der Waals surface area contributed by atoms with Gasteiger partial charge in [-0.05, 0) is 0 Å². The minimum absolute atomic E-state index is 0.000546. The average molecular weight is 372 g/mol. The van der Waals surface area contributed by atoms with E-state index in [4.69, 9.17) is 8.83 Å². The molecule has 0 unspecified atom stereocenters. The molecule has 23 heavy (non-hydrogen) atoms. The van der Waals surface area contributed by atoms with Gasteiger partial charge in [0.15, 0.2) is 0 Å². The Morgan fingerprint density at radius 3 is 2.57 bits per heavy atom. The molecule has 5 heteroatoms. The zero-order valence-electron chi connectivity index (χ0n) is 13.0. The number of carbonyl (C=O) groups is 1. The molecule has 0 fully saturated rings. The number of hydrogen-bond donors (Lipinski definition) is 0. The van der Waals surface area contributed by atoms with Gasteiger partial charge in [-0.25, -0.2) is 0 Å². The van der Waals surface area contributed by atoms with Crippen LogP contribution in [0.2, 0.25) is 10.4 Å². The number of rotatable bonds is 5. The normalized spacial score (nSPS) is 11.3. The van der Waals surface area contributed by atoms with Crippen molar-refractivity contribution in [1.82, 2.24) is 0 Å². The second-order valence-corrected chi connectivity index (χ2v) is 11.2. The fourth-order valence-electron chi connectivity index (χ4n) is 2.58. The summed E-state index contributed by atoms with van der Waals surface area (Å²) in [4.78, 5) is 24.5. The summed E-state index contributed by atoms with van der Waals surface area (Å²) >= 11 is -1.06. The van der Waals surface area contributed by atoms with Gasteiger partial charge in [-0.1, -0.05) is 0 Å². The molecule has 2 heterocycles. The molecule has 3 aromatic rings. The number of fused-ring (bicyclic) bond motifs is 1. The van der Waals surface area contributed by atoms with E-state index >= 15 is 0 Å². The maximum atomic E-state index is 12.3.